The van der Waals surface area contributed by atoms with Gasteiger partial charge in [-0.25, -0.2) is 10.8 Å². The number of hydrazine groups is 1. The van der Waals surface area contributed by atoms with Gasteiger partial charge in [-0.15, -0.1) is 0 Å². The Morgan fingerprint density at radius 3 is 2.67 bits per heavy atom. The number of alkyl halides is 3. The van der Waals surface area contributed by atoms with E-state index in [1.54, 1.807) is 30.4 Å². The van der Waals surface area contributed by atoms with Gasteiger partial charge in [-0.1, -0.05) is 6.07 Å². The SMILES string of the molecule is CN(Cc1cccnc1)c1cc(C(F)(F)F)cc(NN)n1. The molecule has 0 bridgehead atoms. The number of rotatable bonds is 4. The molecule has 21 heavy (non-hydrogen) atoms. The highest BCUT2D eigenvalue weighted by Crippen LogP contribution is 2.32. The number of nitrogens with one attached hydrogen (secondary N) is 1. The first-order chi connectivity index (χ1) is 9.90. The first-order valence-electron chi connectivity index (χ1n) is 6.06. The Morgan fingerprint density at radius 2 is 2.10 bits per heavy atom. The van der Waals surface area contributed by atoms with Crippen LogP contribution >= 0.6 is 0 Å². The van der Waals surface area contributed by atoms with Crippen LogP contribution < -0.4 is 16.2 Å². The largest absolute Gasteiger partial charge is 0.416 e. The van der Waals surface area contributed by atoms with Crippen molar-refractivity contribution in [3.05, 3.63) is 47.8 Å². The van der Waals surface area contributed by atoms with Crippen LogP contribution in [-0.2, 0) is 12.7 Å². The van der Waals surface area contributed by atoms with Crippen LogP contribution in [0.4, 0.5) is 24.8 Å². The zero-order valence-corrected chi connectivity index (χ0v) is 11.2. The Bertz CT molecular complexity index is 601. The van der Waals surface area contributed by atoms with E-state index in [1.807, 2.05) is 6.07 Å². The van der Waals surface area contributed by atoms with E-state index < -0.39 is 11.7 Å². The lowest BCUT2D eigenvalue weighted by atomic mass is 10.2. The topological polar surface area (TPSA) is 67.1 Å². The van der Waals surface area contributed by atoms with Gasteiger partial charge in [0.1, 0.15) is 11.6 Å². The fraction of sp³-hybridized carbons (Fsp3) is 0.231. The molecule has 0 saturated heterocycles. The first kappa shape index (κ1) is 15.0. The second kappa shape index (κ2) is 5.96. The summed E-state index contributed by atoms with van der Waals surface area (Å²) in [5, 5.41) is 0. The van der Waals surface area contributed by atoms with E-state index in [4.69, 9.17) is 5.84 Å². The van der Waals surface area contributed by atoms with E-state index in [1.165, 1.54) is 0 Å². The van der Waals surface area contributed by atoms with E-state index in [2.05, 4.69) is 15.4 Å². The number of halogens is 3. The van der Waals surface area contributed by atoms with Gasteiger partial charge >= 0.3 is 6.18 Å². The van der Waals surface area contributed by atoms with Gasteiger partial charge in [0, 0.05) is 26.0 Å². The van der Waals surface area contributed by atoms with Gasteiger partial charge in [-0.3, -0.25) is 4.98 Å². The zero-order chi connectivity index (χ0) is 15.5. The Balaban J connectivity index is 2.30. The smallest absolute Gasteiger partial charge is 0.355 e. The van der Waals surface area contributed by atoms with E-state index in [9.17, 15) is 13.2 Å². The standard InChI is InChI=1S/C13H14F3N5/c1-21(8-9-3-2-4-18-7-9)12-6-10(13(14,15)16)5-11(19-12)20-17/h2-7H,8,17H2,1H3,(H,19,20). The van der Waals surface area contributed by atoms with Gasteiger partial charge < -0.3 is 10.3 Å². The number of nitrogens with zero attached hydrogens (tertiary/aromatic N) is 3. The highest BCUT2D eigenvalue weighted by Gasteiger charge is 2.32. The maximum Gasteiger partial charge on any atom is 0.416 e. The molecule has 0 aliphatic carbocycles. The third-order valence-corrected chi connectivity index (χ3v) is 2.82. The molecule has 2 aromatic rings. The summed E-state index contributed by atoms with van der Waals surface area (Å²) in [5.41, 5.74) is 2.20. The molecule has 112 valence electrons. The summed E-state index contributed by atoms with van der Waals surface area (Å²) >= 11 is 0. The molecule has 8 heteroatoms. The van der Waals surface area contributed by atoms with Crippen molar-refractivity contribution >= 4 is 11.6 Å². The molecule has 3 N–H and O–H groups in total. The quantitative estimate of drug-likeness (QED) is 0.670. The Hall–Kier alpha value is -2.35. The molecule has 5 nitrogen and oxygen atoms in total. The molecular weight excluding hydrogens is 283 g/mol. The fourth-order valence-corrected chi connectivity index (χ4v) is 1.80. The number of hydrogen-bond acceptors (Lipinski definition) is 5. The number of hydrogen-bond donors (Lipinski definition) is 2. The summed E-state index contributed by atoms with van der Waals surface area (Å²) in [5.74, 6) is 5.30. The third-order valence-electron chi connectivity index (χ3n) is 2.82. The molecular formula is C13H14F3N5. The summed E-state index contributed by atoms with van der Waals surface area (Å²) in [7, 11) is 1.65. The zero-order valence-electron chi connectivity index (χ0n) is 11.2. The predicted octanol–water partition coefficient (Wildman–Crippen LogP) is 2.42. The molecule has 2 rings (SSSR count). The van der Waals surface area contributed by atoms with Crippen molar-refractivity contribution in [1.29, 1.82) is 0 Å². The van der Waals surface area contributed by atoms with Crippen LogP contribution in [0.25, 0.3) is 0 Å². The van der Waals surface area contributed by atoms with Gasteiger partial charge in [0.05, 0.1) is 5.56 Å². The van der Waals surface area contributed by atoms with Crippen molar-refractivity contribution in [2.45, 2.75) is 12.7 Å². The van der Waals surface area contributed by atoms with Crippen LogP contribution in [0.15, 0.2) is 36.7 Å². The molecule has 2 aromatic heterocycles. The molecule has 0 radical (unpaired) electrons. The Labute approximate surface area is 119 Å². The van der Waals surface area contributed by atoms with Crippen molar-refractivity contribution in [3.63, 3.8) is 0 Å². The number of anilines is 2. The van der Waals surface area contributed by atoms with Gasteiger partial charge in [0.2, 0.25) is 0 Å². The van der Waals surface area contributed by atoms with Crippen LogP contribution in [-0.4, -0.2) is 17.0 Å². The third kappa shape index (κ3) is 3.82. The van der Waals surface area contributed by atoms with Gasteiger partial charge in [0.25, 0.3) is 0 Å². The molecule has 0 amide bonds. The van der Waals surface area contributed by atoms with E-state index in [-0.39, 0.29) is 11.6 Å². The number of nitrogens with two attached hydrogens (primary N) is 1. The lowest BCUT2D eigenvalue weighted by molar-refractivity contribution is -0.137. The summed E-state index contributed by atoms with van der Waals surface area (Å²) < 4.78 is 38.5. The number of aromatic nitrogens is 2. The summed E-state index contributed by atoms with van der Waals surface area (Å²) in [6.45, 7) is 0.381. The molecule has 0 aliphatic rings. The maximum absolute atomic E-state index is 12.8. The Kier molecular flexibility index (Phi) is 4.27. The normalized spacial score (nSPS) is 11.3. The van der Waals surface area contributed by atoms with Crippen LogP contribution in [0.1, 0.15) is 11.1 Å². The minimum Gasteiger partial charge on any atom is -0.355 e. The van der Waals surface area contributed by atoms with Gasteiger partial charge in [-0.2, -0.15) is 13.2 Å². The lowest BCUT2D eigenvalue weighted by Crippen LogP contribution is -2.20. The van der Waals surface area contributed by atoms with Gasteiger partial charge in [0.15, 0.2) is 0 Å². The second-order valence-electron chi connectivity index (χ2n) is 4.46. The van der Waals surface area contributed by atoms with Gasteiger partial charge in [-0.05, 0) is 23.8 Å². The minimum atomic E-state index is -4.46. The summed E-state index contributed by atoms with van der Waals surface area (Å²) in [4.78, 5) is 9.58. The summed E-state index contributed by atoms with van der Waals surface area (Å²) in [6, 6.07) is 5.44. The fourth-order valence-electron chi connectivity index (χ4n) is 1.80. The average molecular weight is 297 g/mol. The molecule has 0 saturated carbocycles. The monoisotopic (exact) mass is 297 g/mol. The lowest BCUT2D eigenvalue weighted by Gasteiger charge is -2.20. The van der Waals surface area contributed by atoms with Crippen molar-refractivity contribution in [1.82, 2.24) is 9.97 Å². The van der Waals surface area contributed by atoms with Crippen molar-refractivity contribution in [2.75, 3.05) is 17.4 Å². The predicted molar refractivity (Wildman–Crippen MR) is 73.4 cm³/mol. The van der Waals surface area contributed by atoms with Crippen molar-refractivity contribution < 1.29 is 13.2 Å². The van der Waals surface area contributed by atoms with Crippen molar-refractivity contribution in [2.24, 2.45) is 5.84 Å². The van der Waals surface area contributed by atoms with Crippen LogP contribution in [0, 0.1) is 0 Å². The minimum absolute atomic E-state index is 0.0436. The highest BCUT2D eigenvalue weighted by atomic mass is 19.4. The van der Waals surface area contributed by atoms with E-state index >= 15 is 0 Å². The molecule has 2 heterocycles. The Morgan fingerprint density at radius 1 is 1.33 bits per heavy atom. The first-order valence-corrected chi connectivity index (χ1v) is 6.06. The molecule has 0 fully saturated rings. The molecule has 0 aliphatic heterocycles. The summed E-state index contributed by atoms with van der Waals surface area (Å²) in [6.07, 6.45) is -1.19. The highest BCUT2D eigenvalue weighted by molar-refractivity contribution is 5.50. The van der Waals surface area contributed by atoms with Crippen LogP contribution in [0.5, 0.6) is 0 Å². The molecule has 0 aromatic carbocycles. The van der Waals surface area contributed by atoms with Crippen LogP contribution in [0.3, 0.4) is 0 Å². The molecule has 0 atom stereocenters. The average Bonchev–Trinajstić information content (AvgIpc) is 2.46. The maximum atomic E-state index is 12.8. The second-order valence-corrected chi connectivity index (χ2v) is 4.46. The van der Waals surface area contributed by atoms with Crippen LogP contribution in [0.2, 0.25) is 0 Å². The van der Waals surface area contributed by atoms with Crippen molar-refractivity contribution in [3.8, 4) is 0 Å². The van der Waals surface area contributed by atoms with E-state index in [0.717, 1.165) is 17.7 Å². The number of pyridine rings is 2. The number of nitrogen functional groups attached to an aromatic ring is 1. The molecule has 0 unspecified atom stereocenters. The van der Waals surface area contributed by atoms with E-state index in [0.29, 0.717) is 6.54 Å². The molecule has 0 spiro atoms.